The predicted octanol–water partition coefficient (Wildman–Crippen LogP) is 2.28. The zero-order valence-corrected chi connectivity index (χ0v) is 14.0. The number of carbonyl (C=O) groups excluding carboxylic acids is 1. The van der Waals surface area contributed by atoms with Crippen LogP contribution in [0.3, 0.4) is 0 Å². The first-order chi connectivity index (χ1) is 12.0. The summed E-state index contributed by atoms with van der Waals surface area (Å²) in [6.45, 7) is 0.920. The second-order valence-electron chi connectivity index (χ2n) is 5.48. The molecule has 0 unspecified atom stereocenters. The van der Waals surface area contributed by atoms with Crippen molar-refractivity contribution in [1.29, 1.82) is 0 Å². The van der Waals surface area contributed by atoms with Gasteiger partial charge in [0.15, 0.2) is 0 Å². The molecular formula is C18H21N3O4. The summed E-state index contributed by atoms with van der Waals surface area (Å²) < 4.78 is 5.65. The summed E-state index contributed by atoms with van der Waals surface area (Å²) in [6.07, 6.45) is 1.64. The van der Waals surface area contributed by atoms with Crippen LogP contribution >= 0.6 is 0 Å². The number of nitrogens with zero attached hydrogens (tertiary/aromatic N) is 2. The molecule has 2 amide bonds. The van der Waals surface area contributed by atoms with Gasteiger partial charge in [-0.05, 0) is 29.8 Å². The van der Waals surface area contributed by atoms with Crippen LogP contribution in [-0.4, -0.2) is 40.6 Å². The summed E-state index contributed by atoms with van der Waals surface area (Å²) in [5.74, 6) is -0.208. The van der Waals surface area contributed by atoms with Crippen molar-refractivity contribution in [3.63, 3.8) is 0 Å². The summed E-state index contributed by atoms with van der Waals surface area (Å²) in [6, 6.07) is 12.7. The number of ether oxygens (including phenoxy) is 1. The Kier molecular flexibility index (Phi) is 6.76. The lowest BCUT2D eigenvalue weighted by atomic mass is 10.2. The number of hydrogen-bond acceptors (Lipinski definition) is 4. The minimum atomic E-state index is -0.930. The topological polar surface area (TPSA) is 91.8 Å². The predicted molar refractivity (Wildman–Crippen MR) is 92.1 cm³/mol. The highest BCUT2D eigenvalue weighted by Gasteiger charge is 2.09. The molecule has 0 aliphatic carbocycles. The lowest BCUT2D eigenvalue weighted by Crippen LogP contribution is -2.37. The molecule has 1 aromatic heterocycles. The first-order valence-corrected chi connectivity index (χ1v) is 7.87. The zero-order chi connectivity index (χ0) is 18.1. The molecule has 0 saturated heterocycles. The minimum Gasteiger partial charge on any atom is -0.487 e. The smallest absolute Gasteiger partial charge is 0.317 e. The average molecular weight is 343 g/mol. The number of carboxylic acid groups (broad SMARTS) is 1. The fraction of sp³-hybridized carbons (Fsp3) is 0.278. The average Bonchev–Trinajstić information content (AvgIpc) is 2.64. The van der Waals surface area contributed by atoms with Crippen molar-refractivity contribution in [1.82, 2.24) is 15.2 Å². The van der Waals surface area contributed by atoms with Gasteiger partial charge in [-0.1, -0.05) is 18.2 Å². The van der Waals surface area contributed by atoms with Crippen LogP contribution < -0.4 is 10.1 Å². The van der Waals surface area contributed by atoms with Gasteiger partial charge in [0.05, 0.1) is 12.1 Å². The molecule has 2 N–H and O–H groups in total. The molecule has 0 atom stereocenters. The van der Waals surface area contributed by atoms with Crippen LogP contribution in [0.15, 0.2) is 48.7 Å². The fourth-order valence-electron chi connectivity index (χ4n) is 2.02. The van der Waals surface area contributed by atoms with Crippen molar-refractivity contribution in [2.45, 2.75) is 19.6 Å². The highest BCUT2D eigenvalue weighted by atomic mass is 16.5. The Morgan fingerprint density at radius 1 is 1.20 bits per heavy atom. The molecule has 7 heteroatoms. The second kappa shape index (κ2) is 9.27. The third-order valence-electron chi connectivity index (χ3n) is 3.49. The van der Waals surface area contributed by atoms with Crippen LogP contribution in [0.4, 0.5) is 4.79 Å². The molecule has 1 aromatic carbocycles. The van der Waals surface area contributed by atoms with E-state index in [0.717, 1.165) is 17.0 Å². The van der Waals surface area contributed by atoms with E-state index in [9.17, 15) is 9.59 Å². The van der Waals surface area contributed by atoms with Crippen LogP contribution in [-0.2, 0) is 17.9 Å². The van der Waals surface area contributed by atoms with Crippen LogP contribution in [0.2, 0.25) is 0 Å². The van der Waals surface area contributed by atoms with E-state index in [4.69, 9.17) is 9.84 Å². The van der Waals surface area contributed by atoms with E-state index in [0.29, 0.717) is 13.2 Å². The number of rotatable bonds is 8. The molecule has 1 heterocycles. The molecule has 0 aliphatic rings. The zero-order valence-electron chi connectivity index (χ0n) is 14.0. The maximum atomic E-state index is 11.8. The number of carboxylic acids is 1. The number of aliphatic carboxylic acids is 1. The second-order valence-corrected chi connectivity index (χ2v) is 5.48. The molecule has 0 radical (unpaired) electrons. The van der Waals surface area contributed by atoms with Crippen molar-refractivity contribution < 1.29 is 19.4 Å². The molecule has 2 rings (SSSR count). The number of carbonyl (C=O) groups is 2. The van der Waals surface area contributed by atoms with Gasteiger partial charge in [-0.3, -0.25) is 9.78 Å². The fourth-order valence-corrected chi connectivity index (χ4v) is 2.02. The highest BCUT2D eigenvalue weighted by molar-refractivity contribution is 5.75. The third kappa shape index (κ3) is 6.50. The van der Waals surface area contributed by atoms with Crippen LogP contribution in [0, 0.1) is 0 Å². The van der Waals surface area contributed by atoms with Gasteiger partial charge in [0.2, 0.25) is 0 Å². The number of aromatic nitrogens is 1. The normalized spacial score (nSPS) is 10.1. The van der Waals surface area contributed by atoms with Crippen LogP contribution in [0.5, 0.6) is 5.75 Å². The Bertz CT molecular complexity index is 689. The van der Waals surface area contributed by atoms with Gasteiger partial charge < -0.3 is 20.1 Å². The summed E-state index contributed by atoms with van der Waals surface area (Å²) in [7, 11) is 1.56. The molecule has 2 aromatic rings. The van der Waals surface area contributed by atoms with Gasteiger partial charge in [-0.2, -0.15) is 0 Å². The van der Waals surface area contributed by atoms with E-state index in [2.05, 4.69) is 10.3 Å². The van der Waals surface area contributed by atoms with E-state index in [1.54, 1.807) is 13.2 Å². The molecule has 0 fully saturated rings. The largest absolute Gasteiger partial charge is 0.487 e. The summed E-state index contributed by atoms with van der Waals surface area (Å²) in [5, 5.41) is 11.4. The van der Waals surface area contributed by atoms with E-state index in [-0.39, 0.29) is 19.0 Å². The number of urea groups is 1. The van der Waals surface area contributed by atoms with Crippen LogP contribution in [0.1, 0.15) is 17.7 Å². The van der Waals surface area contributed by atoms with Crippen LogP contribution in [0.25, 0.3) is 0 Å². The number of amides is 2. The Hall–Kier alpha value is -3.09. The SMILES string of the molecule is CN(CCC(=O)O)C(=O)NCc1ccc(OCc2ccccn2)cc1. The van der Waals surface area contributed by atoms with Gasteiger partial charge in [0.1, 0.15) is 12.4 Å². The van der Waals surface area contributed by atoms with Crippen molar-refractivity contribution in [2.75, 3.05) is 13.6 Å². The minimum absolute atomic E-state index is 0.0772. The van der Waals surface area contributed by atoms with Gasteiger partial charge in [0, 0.05) is 26.3 Å². The Labute approximate surface area is 146 Å². The maximum Gasteiger partial charge on any atom is 0.317 e. The first kappa shape index (κ1) is 18.3. The first-order valence-electron chi connectivity index (χ1n) is 7.87. The van der Waals surface area contributed by atoms with Crippen molar-refractivity contribution in [3.05, 3.63) is 59.9 Å². The maximum absolute atomic E-state index is 11.8. The summed E-state index contributed by atoms with van der Waals surface area (Å²) in [5.41, 5.74) is 1.77. The molecule has 0 saturated carbocycles. The molecule has 0 bridgehead atoms. The van der Waals surface area contributed by atoms with Gasteiger partial charge in [0.25, 0.3) is 0 Å². The Morgan fingerprint density at radius 2 is 1.96 bits per heavy atom. The lowest BCUT2D eigenvalue weighted by Gasteiger charge is -2.17. The Morgan fingerprint density at radius 3 is 2.60 bits per heavy atom. The summed E-state index contributed by atoms with van der Waals surface area (Å²) in [4.78, 5) is 27.9. The standard InChI is InChI=1S/C18H21N3O4/c1-21(11-9-17(22)23)18(24)20-12-14-5-7-16(8-6-14)25-13-15-4-2-3-10-19-15/h2-8,10H,9,11-13H2,1H3,(H,20,24)(H,22,23). The Balaban J connectivity index is 1.76. The van der Waals surface area contributed by atoms with Gasteiger partial charge >= 0.3 is 12.0 Å². The van der Waals surface area contributed by atoms with E-state index in [1.807, 2.05) is 42.5 Å². The van der Waals surface area contributed by atoms with Gasteiger partial charge in [-0.25, -0.2) is 4.79 Å². The lowest BCUT2D eigenvalue weighted by molar-refractivity contribution is -0.137. The quantitative estimate of drug-likeness (QED) is 0.767. The number of pyridine rings is 1. The molecule has 132 valence electrons. The molecular weight excluding hydrogens is 322 g/mol. The van der Waals surface area contributed by atoms with E-state index >= 15 is 0 Å². The van der Waals surface area contributed by atoms with Gasteiger partial charge in [-0.15, -0.1) is 0 Å². The monoisotopic (exact) mass is 343 g/mol. The number of benzene rings is 1. The number of hydrogen-bond donors (Lipinski definition) is 2. The molecule has 25 heavy (non-hydrogen) atoms. The van der Waals surface area contributed by atoms with Crippen molar-refractivity contribution >= 4 is 12.0 Å². The van der Waals surface area contributed by atoms with Crippen molar-refractivity contribution in [2.24, 2.45) is 0 Å². The molecule has 0 aliphatic heterocycles. The molecule has 7 nitrogen and oxygen atoms in total. The van der Waals surface area contributed by atoms with E-state index in [1.165, 1.54) is 4.90 Å². The van der Waals surface area contributed by atoms with E-state index < -0.39 is 5.97 Å². The van der Waals surface area contributed by atoms with Crippen molar-refractivity contribution in [3.8, 4) is 5.75 Å². The third-order valence-corrected chi connectivity index (χ3v) is 3.49. The number of nitrogens with one attached hydrogen (secondary N) is 1. The summed E-state index contributed by atoms with van der Waals surface area (Å²) >= 11 is 0. The highest BCUT2D eigenvalue weighted by Crippen LogP contribution is 2.13. The molecule has 0 spiro atoms.